The average Bonchev–Trinajstić information content (AvgIpc) is 2.72. The lowest BCUT2D eigenvalue weighted by Crippen LogP contribution is -2.02. The first kappa shape index (κ1) is 15.4. The van der Waals surface area contributed by atoms with E-state index in [0.717, 1.165) is 21.4 Å². The molecule has 0 amide bonds. The van der Waals surface area contributed by atoms with E-state index in [-0.39, 0.29) is 5.75 Å². The molecule has 20 heavy (non-hydrogen) atoms. The third-order valence-corrected chi connectivity index (χ3v) is 4.59. The van der Waals surface area contributed by atoms with Gasteiger partial charge in [-0.25, -0.2) is 4.98 Å². The fourth-order valence-electron chi connectivity index (χ4n) is 1.70. The minimum absolute atomic E-state index is 0.0341. The fraction of sp³-hybridized carbons (Fsp3) is 0.231. The maximum Gasteiger partial charge on any atom is 0.313 e. The van der Waals surface area contributed by atoms with Crippen molar-refractivity contribution in [1.29, 1.82) is 0 Å². The van der Waals surface area contributed by atoms with Crippen LogP contribution in [0.4, 0.5) is 0 Å². The molecule has 0 bridgehead atoms. The smallest absolute Gasteiger partial charge is 0.313 e. The summed E-state index contributed by atoms with van der Waals surface area (Å²) in [6.07, 6.45) is 1.86. The minimum Gasteiger partial charge on any atom is -0.481 e. The highest BCUT2D eigenvalue weighted by Gasteiger charge is 2.13. The van der Waals surface area contributed by atoms with Gasteiger partial charge in [0.2, 0.25) is 0 Å². The summed E-state index contributed by atoms with van der Waals surface area (Å²) in [4.78, 5) is 15.1. The lowest BCUT2D eigenvalue weighted by molar-refractivity contribution is -0.133. The Labute approximate surface area is 134 Å². The molecule has 0 saturated heterocycles. The third kappa shape index (κ3) is 3.37. The van der Waals surface area contributed by atoms with Gasteiger partial charge in [0, 0.05) is 15.7 Å². The van der Waals surface area contributed by atoms with Crippen LogP contribution < -0.4 is 0 Å². The second-order valence-electron chi connectivity index (χ2n) is 4.27. The number of hydrogen-bond acceptors (Lipinski definition) is 3. The van der Waals surface area contributed by atoms with Crippen molar-refractivity contribution in [2.45, 2.75) is 19.0 Å². The summed E-state index contributed by atoms with van der Waals surface area (Å²) in [5, 5.41) is 10.1. The molecule has 1 aromatic carbocycles. The number of aryl methyl sites for hydroxylation is 2. The zero-order valence-corrected chi connectivity index (χ0v) is 14.0. The van der Waals surface area contributed by atoms with Gasteiger partial charge < -0.3 is 5.11 Å². The fourth-order valence-corrected chi connectivity index (χ4v) is 3.25. The Morgan fingerprint density at radius 2 is 2.20 bits per heavy atom. The van der Waals surface area contributed by atoms with Crippen LogP contribution >= 0.6 is 39.3 Å². The molecule has 106 valence electrons. The SMILES string of the molecule is Cc1cn(-c2cc(Cl)c(C)cc2Br)c(SCC(=O)O)n1. The Bertz CT molecular complexity index is 673. The van der Waals surface area contributed by atoms with Crippen LogP contribution in [-0.2, 0) is 4.79 Å². The van der Waals surface area contributed by atoms with Crippen LogP contribution in [-0.4, -0.2) is 26.4 Å². The monoisotopic (exact) mass is 374 g/mol. The number of carboxylic acids is 1. The molecule has 1 N–H and O–H groups in total. The number of aromatic nitrogens is 2. The molecule has 0 spiro atoms. The molecule has 0 saturated carbocycles. The Hall–Kier alpha value is -0.980. The standard InChI is InChI=1S/C13H12BrClN2O2S/c1-7-3-9(14)11(4-10(7)15)17-5-8(2)16-13(17)20-6-12(18)19/h3-5H,6H2,1-2H3,(H,18,19). The number of thioether (sulfide) groups is 1. The number of nitrogens with zero attached hydrogens (tertiary/aromatic N) is 2. The highest BCUT2D eigenvalue weighted by atomic mass is 79.9. The number of carboxylic acid groups (broad SMARTS) is 1. The molecule has 0 unspecified atom stereocenters. The average molecular weight is 376 g/mol. The van der Waals surface area contributed by atoms with E-state index in [9.17, 15) is 4.79 Å². The van der Waals surface area contributed by atoms with Gasteiger partial charge in [0.05, 0.1) is 17.1 Å². The van der Waals surface area contributed by atoms with Crippen LogP contribution in [0.3, 0.4) is 0 Å². The van der Waals surface area contributed by atoms with Crippen molar-refractivity contribution >= 4 is 45.3 Å². The maximum atomic E-state index is 10.7. The van der Waals surface area contributed by atoms with E-state index in [4.69, 9.17) is 16.7 Å². The molecule has 0 atom stereocenters. The summed E-state index contributed by atoms with van der Waals surface area (Å²) in [7, 11) is 0. The molecule has 2 rings (SSSR count). The summed E-state index contributed by atoms with van der Waals surface area (Å²) in [6.45, 7) is 3.79. The maximum absolute atomic E-state index is 10.7. The molecular weight excluding hydrogens is 364 g/mol. The summed E-state index contributed by atoms with van der Waals surface area (Å²) >= 11 is 10.9. The molecule has 0 aliphatic rings. The van der Waals surface area contributed by atoms with E-state index >= 15 is 0 Å². The molecule has 0 radical (unpaired) electrons. The largest absolute Gasteiger partial charge is 0.481 e. The van der Waals surface area contributed by atoms with Gasteiger partial charge in [0.25, 0.3) is 0 Å². The van der Waals surface area contributed by atoms with Crippen LogP contribution in [0.25, 0.3) is 5.69 Å². The molecule has 0 fully saturated rings. The first-order valence-electron chi connectivity index (χ1n) is 5.75. The normalized spacial score (nSPS) is 10.8. The van der Waals surface area contributed by atoms with Crippen molar-refractivity contribution < 1.29 is 9.90 Å². The summed E-state index contributed by atoms with van der Waals surface area (Å²) in [5.41, 5.74) is 2.63. The van der Waals surface area contributed by atoms with E-state index in [0.29, 0.717) is 10.2 Å². The predicted octanol–water partition coefficient (Wildman–Crippen LogP) is 4.08. The van der Waals surface area contributed by atoms with Crippen LogP contribution in [0.1, 0.15) is 11.3 Å². The van der Waals surface area contributed by atoms with Gasteiger partial charge in [0.15, 0.2) is 5.16 Å². The van der Waals surface area contributed by atoms with Gasteiger partial charge in [-0.1, -0.05) is 23.4 Å². The molecular formula is C13H12BrClN2O2S. The number of imidazole rings is 1. The quantitative estimate of drug-likeness (QED) is 0.818. The first-order chi connectivity index (χ1) is 9.38. The lowest BCUT2D eigenvalue weighted by Gasteiger charge is -2.11. The van der Waals surface area contributed by atoms with E-state index in [1.165, 1.54) is 11.8 Å². The third-order valence-electron chi connectivity index (χ3n) is 2.61. The number of carbonyl (C=O) groups is 1. The van der Waals surface area contributed by atoms with Gasteiger partial charge in [-0.3, -0.25) is 9.36 Å². The Kier molecular flexibility index (Phi) is 4.78. The number of halogens is 2. The molecule has 0 aliphatic heterocycles. The van der Waals surface area contributed by atoms with Crippen LogP contribution in [0.15, 0.2) is 28.0 Å². The van der Waals surface area contributed by atoms with Crippen LogP contribution in [0, 0.1) is 13.8 Å². The Morgan fingerprint density at radius 3 is 2.85 bits per heavy atom. The number of aliphatic carboxylic acids is 1. The second-order valence-corrected chi connectivity index (χ2v) is 6.47. The van der Waals surface area contributed by atoms with Crippen molar-refractivity contribution in [1.82, 2.24) is 9.55 Å². The lowest BCUT2D eigenvalue weighted by atomic mass is 10.2. The van der Waals surface area contributed by atoms with E-state index in [2.05, 4.69) is 20.9 Å². The Morgan fingerprint density at radius 1 is 1.50 bits per heavy atom. The van der Waals surface area contributed by atoms with Gasteiger partial charge in [-0.15, -0.1) is 0 Å². The second kappa shape index (κ2) is 6.20. The van der Waals surface area contributed by atoms with Crippen molar-refractivity contribution in [3.8, 4) is 5.69 Å². The summed E-state index contributed by atoms with van der Waals surface area (Å²) in [6, 6.07) is 3.77. The molecule has 7 heteroatoms. The molecule has 4 nitrogen and oxygen atoms in total. The summed E-state index contributed by atoms with van der Waals surface area (Å²) < 4.78 is 2.73. The first-order valence-corrected chi connectivity index (χ1v) is 7.90. The minimum atomic E-state index is -0.872. The van der Waals surface area contributed by atoms with Gasteiger partial charge in [0.1, 0.15) is 0 Å². The molecule has 0 aliphatic carbocycles. The van der Waals surface area contributed by atoms with Gasteiger partial charge in [-0.2, -0.15) is 0 Å². The van der Waals surface area contributed by atoms with Crippen LogP contribution in [0.5, 0.6) is 0 Å². The number of benzene rings is 1. The molecule has 1 heterocycles. The van der Waals surface area contributed by atoms with Gasteiger partial charge in [-0.05, 0) is 47.5 Å². The van der Waals surface area contributed by atoms with Crippen LogP contribution in [0.2, 0.25) is 5.02 Å². The molecule has 1 aromatic heterocycles. The molecule has 2 aromatic rings. The van der Waals surface area contributed by atoms with Crippen molar-refractivity contribution in [2.75, 3.05) is 5.75 Å². The number of hydrogen-bond donors (Lipinski definition) is 1. The number of rotatable bonds is 4. The predicted molar refractivity (Wildman–Crippen MR) is 84.1 cm³/mol. The van der Waals surface area contributed by atoms with Gasteiger partial charge >= 0.3 is 5.97 Å². The van der Waals surface area contributed by atoms with Crippen molar-refractivity contribution in [2.24, 2.45) is 0 Å². The zero-order chi connectivity index (χ0) is 14.9. The highest BCUT2D eigenvalue weighted by molar-refractivity contribution is 9.10. The van der Waals surface area contributed by atoms with E-state index in [1.807, 2.05) is 36.7 Å². The van der Waals surface area contributed by atoms with E-state index in [1.54, 1.807) is 0 Å². The zero-order valence-electron chi connectivity index (χ0n) is 10.9. The summed E-state index contributed by atoms with van der Waals surface area (Å²) in [5.74, 6) is -0.906. The Balaban J connectivity index is 2.47. The van der Waals surface area contributed by atoms with Crippen molar-refractivity contribution in [3.05, 3.63) is 39.1 Å². The topological polar surface area (TPSA) is 55.1 Å². The highest BCUT2D eigenvalue weighted by Crippen LogP contribution is 2.31. The van der Waals surface area contributed by atoms with Crippen molar-refractivity contribution in [3.63, 3.8) is 0 Å². The van der Waals surface area contributed by atoms with E-state index < -0.39 is 5.97 Å².